The first-order chi connectivity index (χ1) is 19.1. The zero-order chi connectivity index (χ0) is 29.0. The van der Waals surface area contributed by atoms with Gasteiger partial charge in [-0.15, -0.1) is 0 Å². The van der Waals surface area contributed by atoms with Crippen molar-refractivity contribution in [1.29, 1.82) is 0 Å². The first kappa shape index (κ1) is 29.6. The van der Waals surface area contributed by atoms with Gasteiger partial charge in [-0.25, -0.2) is 4.39 Å². The molecule has 1 saturated carbocycles. The molecule has 1 N–H and O–H groups in total. The van der Waals surface area contributed by atoms with Crippen LogP contribution in [0.2, 0.25) is 5.02 Å². The molecule has 1 heterocycles. The molecule has 1 aliphatic rings. The number of hydrogen-bond acceptors (Lipinski definition) is 5. The zero-order valence-electron chi connectivity index (χ0n) is 23.2. The molecule has 1 aliphatic carbocycles. The zero-order valence-corrected chi connectivity index (χ0v) is 24.0. The normalized spacial score (nSPS) is 17.9. The molecule has 0 spiro atoms. The van der Waals surface area contributed by atoms with E-state index < -0.39 is 18.0 Å². The van der Waals surface area contributed by atoms with E-state index in [1.807, 2.05) is 42.8 Å². The van der Waals surface area contributed by atoms with Crippen LogP contribution in [0.5, 0.6) is 0 Å². The van der Waals surface area contributed by atoms with Crippen LogP contribution in [0, 0.1) is 11.7 Å². The van der Waals surface area contributed by atoms with Gasteiger partial charge in [-0.05, 0) is 55.9 Å². The summed E-state index contributed by atoms with van der Waals surface area (Å²) in [6.45, 7) is 1.92. The minimum Gasteiger partial charge on any atom is -0.469 e. The molecule has 1 aromatic heterocycles. The molecule has 0 bridgehead atoms. The molecule has 2 amide bonds. The number of rotatable bonds is 9. The first-order valence-electron chi connectivity index (χ1n) is 13.4. The number of methoxy groups -OCH3 is 1. The highest BCUT2D eigenvalue weighted by Gasteiger charge is 2.30. The molecule has 0 saturated heterocycles. The summed E-state index contributed by atoms with van der Waals surface area (Å²) in [6.07, 6.45) is 4.27. The van der Waals surface area contributed by atoms with Gasteiger partial charge in [-0.3, -0.25) is 14.4 Å². The van der Waals surface area contributed by atoms with E-state index in [-0.39, 0.29) is 46.6 Å². The maximum atomic E-state index is 15.1. The van der Waals surface area contributed by atoms with Gasteiger partial charge in [0, 0.05) is 31.2 Å². The van der Waals surface area contributed by atoms with Gasteiger partial charge in [-0.1, -0.05) is 36.7 Å². The number of amides is 2. The average molecular weight is 572 g/mol. The molecule has 1 fully saturated rings. The van der Waals surface area contributed by atoms with Crippen molar-refractivity contribution in [2.24, 2.45) is 13.0 Å². The fourth-order valence-electron chi connectivity index (χ4n) is 5.26. The highest BCUT2D eigenvalue weighted by molar-refractivity contribution is 6.34. The lowest BCUT2D eigenvalue weighted by Gasteiger charge is -2.34. The lowest BCUT2D eigenvalue weighted by atomic mass is 9.87. The van der Waals surface area contributed by atoms with Crippen LogP contribution in [0.15, 0.2) is 42.6 Å². The number of aryl methyl sites for hydroxylation is 1. The lowest BCUT2D eigenvalue weighted by Crippen LogP contribution is -2.42. The second kappa shape index (κ2) is 12.8. The summed E-state index contributed by atoms with van der Waals surface area (Å²) in [5.74, 6) is -1.69. The Morgan fingerprint density at radius 1 is 1.18 bits per heavy atom. The number of benzene rings is 2. The number of aromatic nitrogens is 1. The Balaban J connectivity index is 1.39. The monoisotopic (exact) mass is 571 g/mol. The van der Waals surface area contributed by atoms with Crippen molar-refractivity contribution in [2.45, 2.75) is 57.8 Å². The smallest absolute Gasteiger partial charge is 0.308 e. The van der Waals surface area contributed by atoms with Gasteiger partial charge in [-0.2, -0.15) is 0 Å². The van der Waals surface area contributed by atoms with Gasteiger partial charge in [0.15, 0.2) is 0 Å². The summed E-state index contributed by atoms with van der Waals surface area (Å²) in [6, 6.07) is 10.0. The number of likely N-dealkylation sites (N-methyl/N-ethyl adjacent to an activating group) is 1. The quantitative estimate of drug-likeness (QED) is 0.262. The number of nitrogens with one attached hydrogen (secondary N) is 1. The maximum Gasteiger partial charge on any atom is 0.308 e. The van der Waals surface area contributed by atoms with Crippen LogP contribution >= 0.6 is 11.6 Å². The van der Waals surface area contributed by atoms with Crippen LogP contribution in [0.3, 0.4) is 0 Å². The summed E-state index contributed by atoms with van der Waals surface area (Å²) in [5, 5.41) is 3.60. The summed E-state index contributed by atoms with van der Waals surface area (Å²) in [4.78, 5) is 39.3. The van der Waals surface area contributed by atoms with Gasteiger partial charge in [0.05, 0.1) is 41.8 Å². The molecule has 1 atom stereocenters. The Labute approximate surface area is 238 Å². The number of fused-ring (bicyclic) bond motifs is 1. The van der Waals surface area contributed by atoms with Crippen molar-refractivity contribution in [3.63, 3.8) is 0 Å². The molecule has 2 aromatic carbocycles. The van der Waals surface area contributed by atoms with E-state index in [1.54, 1.807) is 13.2 Å². The lowest BCUT2D eigenvalue weighted by molar-refractivity contribution is -0.155. The standard InChI is InChI=1S/C30H35ClFN3O5/c1-5-28(40-20-12-10-18(11-13-20)30(38)39-4)35(3)27(36)15-19-14-23(31)25(16-24(19)32)33-29(37)22-17-34(2)26-9-7-6-8-21(22)26/h6-9,14,16-18,20,28H,5,10-13,15H2,1-4H3,(H,33,37). The molecule has 3 aromatic rings. The van der Waals surface area contributed by atoms with E-state index in [2.05, 4.69) is 5.32 Å². The van der Waals surface area contributed by atoms with Gasteiger partial charge in [0.1, 0.15) is 12.0 Å². The summed E-state index contributed by atoms with van der Waals surface area (Å²) < 4.78 is 28.0. The minimum absolute atomic E-state index is 0.0723. The fourth-order valence-corrected chi connectivity index (χ4v) is 5.50. The molecule has 214 valence electrons. The van der Waals surface area contributed by atoms with Crippen LogP contribution in [0.25, 0.3) is 10.9 Å². The number of esters is 1. The maximum absolute atomic E-state index is 15.1. The van der Waals surface area contributed by atoms with Crippen molar-refractivity contribution in [3.8, 4) is 0 Å². The van der Waals surface area contributed by atoms with Crippen molar-refractivity contribution >= 4 is 46.0 Å². The van der Waals surface area contributed by atoms with Gasteiger partial charge in [0.25, 0.3) is 5.91 Å². The number of nitrogens with zero attached hydrogens (tertiary/aromatic N) is 2. The van der Waals surface area contributed by atoms with E-state index in [9.17, 15) is 14.4 Å². The number of carbonyl (C=O) groups is 3. The van der Waals surface area contributed by atoms with Gasteiger partial charge < -0.3 is 24.3 Å². The highest BCUT2D eigenvalue weighted by Crippen LogP contribution is 2.30. The molecule has 0 radical (unpaired) electrons. The molecule has 8 nitrogen and oxygen atoms in total. The number of anilines is 1. The van der Waals surface area contributed by atoms with E-state index >= 15 is 4.39 Å². The largest absolute Gasteiger partial charge is 0.469 e. The van der Waals surface area contributed by atoms with Gasteiger partial charge >= 0.3 is 5.97 Å². The molecule has 40 heavy (non-hydrogen) atoms. The van der Waals surface area contributed by atoms with E-state index in [0.29, 0.717) is 37.7 Å². The van der Waals surface area contributed by atoms with Crippen LogP contribution in [0.4, 0.5) is 10.1 Å². The van der Waals surface area contributed by atoms with Crippen LogP contribution in [0.1, 0.15) is 54.9 Å². The Bertz CT molecular complexity index is 1400. The Hall–Kier alpha value is -3.43. The third-order valence-corrected chi connectivity index (χ3v) is 7.91. The molecule has 10 heteroatoms. The molecule has 0 aliphatic heterocycles. The fraction of sp³-hybridized carbons (Fsp3) is 0.433. The summed E-state index contributed by atoms with van der Waals surface area (Å²) in [5.41, 5.74) is 1.59. The predicted octanol–water partition coefficient (Wildman–Crippen LogP) is 5.71. The van der Waals surface area contributed by atoms with E-state index in [1.165, 1.54) is 18.1 Å². The Morgan fingerprint density at radius 3 is 2.55 bits per heavy atom. The molecular weight excluding hydrogens is 537 g/mol. The Kier molecular flexibility index (Phi) is 9.48. The summed E-state index contributed by atoms with van der Waals surface area (Å²) in [7, 11) is 4.87. The SMILES string of the molecule is CCC(OC1CCC(C(=O)OC)CC1)N(C)C(=O)Cc1cc(Cl)c(NC(=O)c2cn(C)c3ccccc23)cc1F. The minimum atomic E-state index is -0.644. The number of para-hydroxylation sites is 1. The predicted molar refractivity (Wildman–Crippen MR) is 152 cm³/mol. The van der Waals surface area contributed by atoms with Crippen molar-refractivity contribution in [2.75, 3.05) is 19.5 Å². The molecule has 1 unspecified atom stereocenters. The average Bonchev–Trinajstić information content (AvgIpc) is 3.30. The topological polar surface area (TPSA) is 89.9 Å². The second-order valence-electron chi connectivity index (χ2n) is 10.2. The number of halogens is 2. The number of ether oxygens (including phenoxy) is 2. The third kappa shape index (κ3) is 6.47. The number of carbonyl (C=O) groups excluding carboxylic acids is 3. The molecule has 4 rings (SSSR count). The molecular formula is C30H35ClFN3O5. The van der Waals surface area contributed by atoms with E-state index in [4.69, 9.17) is 21.1 Å². The summed E-state index contributed by atoms with van der Waals surface area (Å²) >= 11 is 6.41. The van der Waals surface area contributed by atoms with Crippen molar-refractivity contribution in [3.05, 3.63) is 64.6 Å². The third-order valence-electron chi connectivity index (χ3n) is 7.60. The second-order valence-corrected chi connectivity index (χ2v) is 10.6. The van der Waals surface area contributed by atoms with E-state index in [0.717, 1.165) is 17.0 Å². The van der Waals surface area contributed by atoms with Crippen LogP contribution < -0.4 is 5.32 Å². The van der Waals surface area contributed by atoms with Crippen LogP contribution in [-0.2, 0) is 32.5 Å². The van der Waals surface area contributed by atoms with Crippen molar-refractivity contribution in [1.82, 2.24) is 9.47 Å². The first-order valence-corrected chi connectivity index (χ1v) is 13.8. The Morgan fingerprint density at radius 2 is 1.88 bits per heavy atom. The highest BCUT2D eigenvalue weighted by atomic mass is 35.5. The van der Waals surface area contributed by atoms with Crippen LogP contribution in [-0.4, -0.2) is 53.7 Å². The van der Waals surface area contributed by atoms with Crippen molar-refractivity contribution < 1.29 is 28.2 Å². The number of hydrogen-bond donors (Lipinski definition) is 1. The van der Waals surface area contributed by atoms with Gasteiger partial charge in [0.2, 0.25) is 5.91 Å².